The Hall–Kier alpha value is -2.31. The first-order valence-corrected chi connectivity index (χ1v) is 4.47. The zero-order valence-corrected chi connectivity index (χ0v) is 9.17. The van der Waals surface area contributed by atoms with Gasteiger partial charge in [-0.1, -0.05) is 0 Å². The molecule has 17 heavy (non-hydrogen) atoms. The third-order valence-corrected chi connectivity index (χ3v) is 2.01. The summed E-state index contributed by atoms with van der Waals surface area (Å²) in [7, 11) is 2.69. The molecule has 7 nitrogen and oxygen atoms in total. The number of nitro benzene ring substituents is 1. The van der Waals surface area contributed by atoms with Gasteiger partial charge in [0.05, 0.1) is 25.2 Å². The molecule has 91 valence electrons. The summed E-state index contributed by atoms with van der Waals surface area (Å²) in [6.07, 6.45) is 0.736. The van der Waals surface area contributed by atoms with Gasteiger partial charge in [0.25, 0.3) is 5.69 Å². The quantitative estimate of drug-likeness (QED) is 0.614. The van der Waals surface area contributed by atoms with Crippen molar-refractivity contribution in [2.45, 2.75) is 0 Å². The van der Waals surface area contributed by atoms with Crippen LogP contribution in [0.5, 0.6) is 11.5 Å². The molecule has 0 aromatic heterocycles. The highest BCUT2D eigenvalue weighted by atomic mass is 16.6. The van der Waals surface area contributed by atoms with Gasteiger partial charge in [-0.3, -0.25) is 14.9 Å². The number of carbonyl (C=O) groups is 1. The second-order valence-corrected chi connectivity index (χ2v) is 3.01. The van der Waals surface area contributed by atoms with Crippen molar-refractivity contribution in [2.24, 2.45) is 0 Å². The second kappa shape index (κ2) is 5.15. The van der Waals surface area contributed by atoms with Gasteiger partial charge in [0, 0.05) is 5.56 Å². The van der Waals surface area contributed by atoms with Crippen LogP contribution in [0.3, 0.4) is 0 Å². The van der Waals surface area contributed by atoms with Crippen LogP contribution in [0, 0.1) is 16.5 Å². The molecule has 1 rings (SSSR count). The van der Waals surface area contributed by atoms with E-state index in [0.29, 0.717) is 0 Å². The molecule has 0 heterocycles. The fourth-order valence-corrected chi connectivity index (χ4v) is 1.29. The molecule has 1 aromatic carbocycles. The summed E-state index contributed by atoms with van der Waals surface area (Å²) in [6.45, 7) is 0. The van der Waals surface area contributed by atoms with Gasteiger partial charge in [0.2, 0.25) is 0 Å². The van der Waals surface area contributed by atoms with E-state index in [1.165, 1.54) is 20.3 Å². The van der Waals surface area contributed by atoms with E-state index in [-0.39, 0.29) is 22.7 Å². The van der Waals surface area contributed by atoms with Crippen molar-refractivity contribution in [3.8, 4) is 11.5 Å². The van der Waals surface area contributed by atoms with E-state index in [9.17, 15) is 14.9 Å². The molecule has 7 heteroatoms. The summed E-state index contributed by atoms with van der Waals surface area (Å²) in [6, 6.07) is 2.36. The molecule has 1 radical (unpaired) electrons. The summed E-state index contributed by atoms with van der Waals surface area (Å²) in [5.41, 5.74) is -0.412. The summed E-state index contributed by atoms with van der Waals surface area (Å²) in [5.74, 6) is -0.882. The zero-order chi connectivity index (χ0) is 13.0. The number of carboxylic acids is 1. The molecule has 1 aromatic rings. The Morgan fingerprint density at radius 1 is 1.35 bits per heavy atom. The van der Waals surface area contributed by atoms with Crippen molar-refractivity contribution in [1.82, 2.24) is 0 Å². The number of methoxy groups -OCH3 is 2. The number of rotatable bonds is 5. The lowest BCUT2D eigenvalue weighted by Crippen LogP contribution is -2.03. The number of nitrogens with zero attached hydrogens (tertiary/aromatic N) is 1. The molecule has 0 aliphatic heterocycles. The topological polar surface area (TPSA) is 98.9 Å². The minimum Gasteiger partial charge on any atom is -0.493 e. The average molecular weight is 240 g/mol. The zero-order valence-electron chi connectivity index (χ0n) is 9.17. The van der Waals surface area contributed by atoms with Gasteiger partial charge in [-0.25, -0.2) is 0 Å². The van der Waals surface area contributed by atoms with Gasteiger partial charge in [0.1, 0.15) is 6.42 Å². The molecule has 0 spiro atoms. The van der Waals surface area contributed by atoms with E-state index >= 15 is 0 Å². The van der Waals surface area contributed by atoms with Crippen LogP contribution in [0.1, 0.15) is 5.56 Å². The Bertz CT molecular complexity index is 456. The Labute approximate surface area is 96.7 Å². The lowest BCUT2D eigenvalue weighted by molar-refractivity contribution is -0.385. The Kier molecular flexibility index (Phi) is 3.86. The Morgan fingerprint density at radius 2 is 1.88 bits per heavy atom. The third kappa shape index (κ3) is 2.83. The lowest BCUT2D eigenvalue weighted by Gasteiger charge is -2.09. The van der Waals surface area contributed by atoms with Gasteiger partial charge in [-0.05, 0) is 6.07 Å². The van der Waals surface area contributed by atoms with E-state index in [1.54, 1.807) is 0 Å². The van der Waals surface area contributed by atoms with Crippen LogP contribution in [0.25, 0.3) is 0 Å². The van der Waals surface area contributed by atoms with E-state index in [2.05, 4.69) is 0 Å². The number of aliphatic carboxylic acids is 1. The highest BCUT2D eigenvalue weighted by Crippen LogP contribution is 2.35. The molecule has 0 saturated heterocycles. The monoisotopic (exact) mass is 240 g/mol. The molecule has 0 aliphatic carbocycles. The fraction of sp³-hybridized carbons (Fsp3) is 0.200. The average Bonchev–Trinajstić information content (AvgIpc) is 2.27. The maximum atomic E-state index is 10.8. The summed E-state index contributed by atoms with van der Waals surface area (Å²) >= 11 is 0. The van der Waals surface area contributed by atoms with Crippen LogP contribution in [0.4, 0.5) is 5.69 Å². The van der Waals surface area contributed by atoms with Gasteiger partial charge in [-0.2, -0.15) is 0 Å². The molecular weight excluding hydrogens is 230 g/mol. The third-order valence-electron chi connectivity index (χ3n) is 2.01. The standard InChI is InChI=1S/C10H10NO6/c1-16-8-3-6(4-10(12)13)7(11(14)15)5-9(8)17-2/h3-5H,1-2H3,(H,12,13). The van der Waals surface area contributed by atoms with E-state index in [4.69, 9.17) is 14.6 Å². The van der Waals surface area contributed by atoms with Crippen molar-refractivity contribution < 1.29 is 24.3 Å². The van der Waals surface area contributed by atoms with E-state index in [0.717, 1.165) is 12.5 Å². The number of ether oxygens (including phenoxy) is 2. The predicted molar refractivity (Wildman–Crippen MR) is 57.2 cm³/mol. The minimum absolute atomic E-state index is 0.0554. The normalized spacial score (nSPS) is 9.76. The summed E-state index contributed by atoms with van der Waals surface area (Å²) in [4.78, 5) is 20.6. The first kappa shape index (κ1) is 12.8. The van der Waals surface area contributed by atoms with Crippen LogP contribution >= 0.6 is 0 Å². The lowest BCUT2D eigenvalue weighted by atomic mass is 10.1. The number of benzene rings is 1. The molecule has 0 atom stereocenters. The van der Waals surface area contributed by atoms with Crippen LogP contribution in [0.2, 0.25) is 0 Å². The van der Waals surface area contributed by atoms with E-state index < -0.39 is 10.9 Å². The highest BCUT2D eigenvalue weighted by molar-refractivity contribution is 5.83. The first-order valence-electron chi connectivity index (χ1n) is 4.47. The number of nitro groups is 1. The molecule has 1 N–H and O–H groups in total. The molecule has 0 aliphatic rings. The fourth-order valence-electron chi connectivity index (χ4n) is 1.29. The molecule has 0 unspecified atom stereocenters. The van der Waals surface area contributed by atoms with Crippen LogP contribution in [-0.4, -0.2) is 30.2 Å². The van der Waals surface area contributed by atoms with Crippen molar-refractivity contribution in [3.05, 3.63) is 34.2 Å². The minimum atomic E-state index is -1.28. The Balaban J connectivity index is 3.34. The highest BCUT2D eigenvalue weighted by Gasteiger charge is 2.21. The van der Waals surface area contributed by atoms with Gasteiger partial charge in [-0.15, -0.1) is 0 Å². The van der Waals surface area contributed by atoms with Crippen molar-refractivity contribution in [3.63, 3.8) is 0 Å². The molecular formula is C10H10NO6. The number of carboxylic acid groups (broad SMARTS) is 1. The maximum absolute atomic E-state index is 10.8. The summed E-state index contributed by atoms with van der Waals surface area (Å²) < 4.78 is 9.83. The van der Waals surface area contributed by atoms with Gasteiger partial charge in [0.15, 0.2) is 11.5 Å². The number of hydrogen-bond donors (Lipinski definition) is 1. The van der Waals surface area contributed by atoms with Gasteiger partial charge >= 0.3 is 5.97 Å². The van der Waals surface area contributed by atoms with Crippen molar-refractivity contribution in [1.29, 1.82) is 0 Å². The SMILES string of the molecule is COc1cc([CH]C(=O)O)c([N+](=O)[O-])cc1OC. The smallest absolute Gasteiger partial charge is 0.312 e. The first-order chi connectivity index (χ1) is 7.99. The second-order valence-electron chi connectivity index (χ2n) is 3.01. The predicted octanol–water partition coefficient (Wildman–Crippen LogP) is 1.25. The number of hydrogen-bond acceptors (Lipinski definition) is 5. The van der Waals surface area contributed by atoms with Crippen LogP contribution < -0.4 is 9.47 Å². The molecule has 0 amide bonds. The Morgan fingerprint density at radius 3 is 2.29 bits per heavy atom. The molecule has 0 saturated carbocycles. The largest absolute Gasteiger partial charge is 0.493 e. The van der Waals surface area contributed by atoms with Crippen LogP contribution in [-0.2, 0) is 4.79 Å². The van der Waals surface area contributed by atoms with Crippen molar-refractivity contribution in [2.75, 3.05) is 14.2 Å². The van der Waals surface area contributed by atoms with Crippen molar-refractivity contribution >= 4 is 11.7 Å². The van der Waals surface area contributed by atoms with Crippen LogP contribution in [0.15, 0.2) is 12.1 Å². The van der Waals surface area contributed by atoms with Gasteiger partial charge < -0.3 is 14.6 Å². The van der Waals surface area contributed by atoms with E-state index in [1.807, 2.05) is 0 Å². The maximum Gasteiger partial charge on any atom is 0.312 e. The molecule has 0 bridgehead atoms. The molecule has 0 fully saturated rings. The summed E-state index contributed by atoms with van der Waals surface area (Å²) in [5, 5.41) is 19.4.